The van der Waals surface area contributed by atoms with Gasteiger partial charge >= 0.3 is 12.3 Å². The molecule has 0 aliphatic heterocycles. The Morgan fingerprint density at radius 2 is 1.78 bits per heavy atom. The van der Waals surface area contributed by atoms with Crippen LogP contribution in [0.15, 0.2) is 52.8 Å². The van der Waals surface area contributed by atoms with E-state index in [9.17, 15) is 22.8 Å². The summed E-state index contributed by atoms with van der Waals surface area (Å²) in [5, 5.41) is 13.3. The minimum atomic E-state index is -4.80. The Morgan fingerprint density at radius 1 is 1.08 bits per heavy atom. The highest BCUT2D eigenvalue weighted by Gasteiger charge is 2.31. The second-order valence-electron chi connectivity index (χ2n) is 7.53. The van der Waals surface area contributed by atoms with E-state index < -0.39 is 18.2 Å². The van der Waals surface area contributed by atoms with Crippen LogP contribution in [-0.2, 0) is 11.3 Å². The molecule has 198 valence electrons. The number of thiazole rings is 1. The molecule has 0 spiro atoms. The maximum atomic E-state index is 13.0. The zero-order valence-corrected chi connectivity index (χ0v) is 20.7. The number of hydrogen-bond donors (Lipinski definition) is 2. The highest BCUT2D eigenvalue weighted by Crippen LogP contribution is 2.28. The van der Waals surface area contributed by atoms with Crippen LogP contribution in [0, 0.1) is 0 Å². The fourth-order valence-electron chi connectivity index (χ4n) is 3.37. The second-order valence-corrected chi connectivity index (χ2v) is 8.37. The lowest BCUT2D eigenvalue weighted by atomic mass is 10.1. The van der Waals surface area contributed by atoms with Crippen molar-refractivity contribution in [2.75, 3.05) is 27.3 Å². The number of rotatable bonds is 11. The number of aromatic nitrogens is 1. The molecule has 0 fully saturated rings. The summed E-state index contributed by atoms with van der Waals surface area (Å²) in [4.78, 5) is 28.4. The van der Waals surface area contributed by atoms with Crippen LogP contribution in [0.4, 0.5) is 13.2 Å². The molecule has 2 N–H and O–H groups in total. The fourth-order valence-corrected chi connectivity index (χ4v) is 4.31. The molecule has 0 aliphatic carbocycles. The number of amides is 1. The number of aliphatic carboxylic acids is 1. The number of nitrogens with one attached hydrogen (secondary N) is 1. The average molecular weight is 540 g/mol. The molecule has 2 aromatic carbocycles. The third kappa shape index (κ3) is 7.82. The highest BCUT2D eigenvalue weighted by molar-refractivity contribution is 7.07. The number of alkyl halides is 3. The lowest BCUT2D eigenvalue weighted by Crippen LogP contribution is -2.26. The molecule has 9 nitrogen and oxygen atoms in total. The van der Waals surface area contributed by atoms with Gasteiger partial charge in [-0.25, -0.2) is 0 Å². The first-order valence-corrected chi connectivity index (χ1v) is 11.8. The van der Waals surface area contributed by atoms with Gasteiger partial charge < -0.3 is 29.2 Å². The molecule has 1 heterocycles. The predicted molar refractivity (Wildman–Crippen MR) is 129 cm³/mol. The van der Waals surface area contributed by atoms with E-state index in [2.05, 4.69) is 15.0 Å². The van der Waals surface area contributed by atoms with Gasteiger partial charge in [-0.2, -0.15) is 4.99 Å². The van der Waals surface area contributed by atoms with Gasteiger partial charge in [0.2, 0.25) is 0 Å². The lowest BCUT2D eigenvalue weighted by Gasteiger charge is -2.12. The quantitative estimate of drug-likeness (QED) is 0.355. The second kappa shape index (κ2) is 12.4. The molecule has 37 heavy (non-hydrogen) atoms. The van der Waals surface area contributed by atoms with Gasteiger partial charge in [0, 0.05) is 18.0 Å². The number of benzene rings is 2. The van der Waals surface area contributed by atoms with E-state index in [1.54, 1.807) is 22.1 Å². The molecule has 3 aromatic rings. The standard InChI is InChI=1S/C24H24F3N3O6S/c1-34-17-8-9-18(20(12-17)35-2)22(33)29-23-30(11-3-10-28-13-21(31)32)19(14-37-23)15-4-6-16(7-5-15)36-24(25,26)27/h4-9,12,14,28H,3,10-11,13H2,1-2H3,(H,31,32). The number of nitrogens with zero attached hydrogens (tertiary/aromatic N) is 2. The Balaban J connectivity index is 1.95. The normalized spacial score (nSPS) is 11.9. The third-order valence-electron chi connectivity index (χ3n) is 5.03. The Labute approximate surface area is 213 Å². The van der Waals surface area contributed by atoms with E-state index >= 15 is 0 Å². The summed E-state index contributed by atoms with van der Waals surface area (Å²) in [7, 11) is 2.91. The summed E-state index contributed by atoms with van der Waals surface area (Å²) in [6.45, 7) is 0.541. The van der Waals surface area contributed by atoms with Crippen molar-refractivity contribution in [3.05, 3.63) is 58.2 Å². The molecular formula is C24H24F3N3O6S. The summed E-state index contributed by atoms with van der Waals surface area (Å²) >= 11 is 1.18. The first kappa shape index (κ1) is 27.7. The summed E-state index contributed by atoms with van der Waals surface area (Å²) in [5.41, 5.74) is 1.43. The predicted octanol–water partition coefficient (Wildman–Crippen LogP) is 3.94. The molecule has 0 atom stereocenters. The minimum Gasteiger partial charge on any atom is -0.497 e. The number of methoxy groups -OCH3 is 2. The maximum absolute atomic E-state index is 13.0. The van der Waals surface area contributed by atoms with Crippen LogP contribution in [-0.4, -0.2) is 55.2 Å². The smallest absolute Gasteiger partial charge is 0.497 e. The van der Waals surface area contributed by atoms with E-state index in [1.807, 2.05) is 0 Å². The molecule has 1 amide bonds. The molecule has 0 bridgehead atoms. The number of carboxylic acid groups (broad SMARTS) is 1. The van der Waals surface area contributed by atoms with Crippen molar-refractivity contribution in [3.63, 3.8) is 0 Å². The number of hydrogen-bond acceptors (Lipinski definition) is 7. The molecular weight excluding hydrogens is 515 g/mol. The average Bonchev–Trinajstić information content (AvgIpc) is 3.24. The molecule has 0 radical (unpaired) electrons. The van der Waals surface area contributed by atoms with Crippen LogP contribution in [0.5, 0.6) is 17.2 Å². The number of carboxylic acids is 1. The minimum absolute atomic E-state index is 0.200. The third-order valence-corrected chi connectivity index (χ3v) is 5.89. The Kier molecular flexibility index (Phi) is 9.31. The SMILES string of the molecule is COc1ccc(C(=O)N=c2scc(-c3ccc(OC(F)(F)F)cc3)n2CCCNCC(=O)O)c(OC)c1. The van der Waals surface area contributed by atoms with Crippen molar-refractivity contribution in [1.82, 2.24) is 9.88 Å². The van der Waals surface area contributed by atoms with Crippen LogP contribution in [0.2, 0.25) is 0 Å². The van der Waals surface area contributed by atoms with Crippen LogP contribution in [0.3, 0.4) is 0 Å². The fraction of sp³-hybridized carbons (Fsp3) is 0.292. The van der Waals surface area contributed by atoms with Gasteiger partial charge in [0.15, 0.2) is 4.80 Å². The monoisotopic (exact) mass is 539 g/mol. The first-order chi connectivity index (χ1) is 17.6. The van der Waals surface area contributed by atoms with Crippen molar-refractivity contribution in [1.29, 1.82) is 0 Å². The number of ether oxygens (including phenoxy) is 3. The molecule has 0 aliphatic rings. The number of carbonyl (C=O) groups excluding carboxylic acids is 1. The van der Waals surface area contributed by atoms with E-state index in [4.69, 9.17) is 14.6 Å². The van der Waals surface area contributed by atoms with Crippen LogP contribution in [0.1, 0.15) is 16.8 Å². The highest BCUT2D eigenvalue weighted by atomic mass is 32.1. The van der Waals surface area contributed by atoms with Gasteiger partial charge in [0.05, 0.1) is 32.0 Å². The molecule has 0 saturated carbocycles. The Hall–Kier alpha value is -3.84. The lowest BCUT2D eigenvalue weighted by molar-refractivity contribution is -0.274. The van der Waals surface area contributed by atoms with Crippen molar-refractivity contribution in [2.45, 2.75) is 19.3 Å². The van der Waals surface area contributed by atoms with Crippen molar-refractivity contribution < 1.29 is 42.1 Å². The van der Waals surface area contributed by atoms with Crippen molar-refractivity contribution >= 4 is 23.2 Å². The van der Waals surface area contributed by atoms with Gasteiger partial charge in [0.25, 0.3) is 5.91 Å². The maximum Gasteiger partial charge on any atom is 0.573 e. The van der Waals surface area contributed by atoms with Crippen LogP contribution >= 0.6 is 11.3 Å². The van der Waals surface area contributed by atoms with Gasteiger partial charge in [-0.15, -0.1) is 24.5 Å². The van der Waals surface area contributed by atoms with Crippen molar-refractivity contribution in [3.8, 4) is 28.5 Å². The zero-order chi connectivity index (χ0) is 27.0. The van der Waals surface area contributed by atoms with Crippen LogP contribution < -0.4 is 24.3 Å². The first-order valence-electron chi connectivity index (χ1n) is 10.9. The molecule has 0 unspecified atom stereocenters. The Bertz CT molecular complexity index is 1300. The molecule has 0 saturated heterocycles. The van der Waals surface area contributed by atoms with Gasteiger partial charge in [0.1, 0.15) is 17.2 Å². The summed E-state index contributed by atoms with van der Waals surface area (Å²) in [6, 6.07) is 10.1. The number of carbonyl (C=O) groups is 2. The van der Waals surface area contributed by atoms with Crippen molar-refractivity contribution in [2.24, 2.45) is 4.99 Å². The Morgan fingerprint density at radius 3 is 2.41 bits per heavy atom. The zero-order valence-electron chi connectivity index (χ0n) is 19.9. The van der Waals surface area contributed by atoms with Crippen LogP contribution in [0.25, 0.3) is 11.3 Å². The van der Waals surface area contributed by atoms with Gasteiger partial charge in [-0.3, -0.25) is 9.59 Å². The summed E-state index contributed by atoms with van der Waals surface area (Å²) in [5.74, 6) is -1.11. The van der Waals surface area contributed by atoms with Gasteiger partial charge in [-0.05, 0) is 54.9 Å². The van der Waals surface area contributed by atoms with E-state index in [-0.39, 0.29) is 23.6 Å². The van der Waals surface area contributed by atoms with E-state index in [0.29, 0.717) is 41.3 Å². The topological polar surface area (TPSA) is 111 Å². The van der Waals surface area contributed by atoms with Gasteiger partial charge in [-0.1, -0.05) is 0 Å². The number of halogens is 3. The molecule has 3 rings (SSSR count). The summed E-state index contributed by atoms with van der Waals surface area (Å²) in [6.07, 6.45) is -4.30. The molecule has 1 aromatic heterocycles. The van der Waals surface area contributed by atoms with E-state index in [0.717, 1.165) is 0 Å². The summed E-state index contributed by atoms with van der Waals surface area (Å²) < 4.78 is 53.7. The largest absolute Gasteiger partial charge is 0.573 e. The van der Waals surface area contributed by atoms with E-state index in [1.165, 1.54) is 55.9 Å². The molecule has 13 heteroatoms.